The van der Waals surface area contributed by atoms with E-state index in [1.807, 2.05) is 0 Å². The summed E-state index contributed by atoms with van der Waals surface area (Å²) in [6.45, 7) is 1.25. The van der Waals surface area contributed by atoms with Crippen LogP contribution in [0.3, 0.4) is 0 Å². The number of amides is 1. The molecule has 2 N–H and O–H groups in total. The minimum absolute atomic E-state index is 0. The summed E-state index contributed by atoms with van der Waals surface area (Å²) in [7, 11) is 0. The first-order valence-electron chi connectivity index (χ1n) is 3.82. The fourth-order valence-corrected chi connectivity index (χ4v) is 0.846. The van der Waals surface area contributed by atoms with Gasteiger partial charge in [0.1, 0.15) is 0 Å². The van der Waals surface area contributed by atoms with Crippen molar-refractivity contribution in [2.24, 2.45) is 0 Å². The summed E-state index contributed by atoms with van der Waals surface area (Å²) in [5.74, 6) is -1.77. The molecule has 0 aromatic carbocycles. The van der Waals surface area contributed by atoms with Crippen LogP contribution in [-0.2, 0) is 14.5 Å². The Kier molecular flexibility index (Phi) is 11.0. The Morgan fingerprint density at radius 3 is 2.50 bits per heavy atom. The van der Waals surface area contributed by atoms with Crippen molar-refractivity contribution in [2.45, 2.75) is 25.8 Å². The van der Waals surface area contributed by atoms with Gasteiger partial charge in [-0.25, -0.2) is 4.89 Å². The number of nitrogens with one attached hydrogen (secondary N) is 1. The second-order valence-corrected chi connectivity index (χ2v) is 2.55. The smallest absolute Gasteiger partial charge is 0.548 e. The van der Waals surface area contributed by atoms with Crippen LogP contribution < -0.4 is 40.0 Å². The van der Waals surface area contributed by atoms with E-state index in [1.165, 1.54) is 6.92 Å². The molecule has 0 aromatic heterocycles. The third-order valence-corrected chi connectivity index (χ3v) is 1.39. The van der Waals surface area contributed by atoms with Gasteiger partial charge >= 0.3 is 29.6 Å². The van der Waals surface area contributed by atoms with Gasteiger partial charge in [-0.05, 0) is 12.8 Å². The number of aliphatic carboxylic acids is 1. The van der Waals surface area contributed by atoms with E-state index in [1.54, 1.807) is 0 Å². The Hall–Kier alpha value is -0.140. The zero-order valence-corrected chi connectivity index (χ0v) is 10.3. The van der Waals surface area contributed by atoms with Gasteiger partial charge in [0.05, 0.1) is 18.6 Å². The second kappa shape index (κ2) is 9.42. The van der Waals surface area contributed by atoms with Gasteiger partial charge in [0.2, 0.25) is 5.91 Å². The van der Waals surface area contributed by atoms with Gasteiger partial charge in [-0.1, -0.05) is 0 Å². The number of carboxylic acid groups (broad SMARTS) is 1. The van der Waals surface area contributed by atoms with Crippen LogP contribution in [-0.4, -0.2) is 29.8 Å². The molecule has 0 rings (SSSR count). The normalized spacial score (nSPS) is 11.3. The molecule has 0 aliphatic carbocycles. The molecular formula is C7H12NNaO5. The first-order chi connectivity index (χ1) is 6.07. The van der Waals surface area contributed by atoms with Crippen LogP contribution in [0.5, 0.6) is 0 Å². The Bertz CT molecular complexity index is 187. The van der Waals surface area contributed by atoms with Gasteiger partial charge in [0.15, 0.2) is 0 Å². The van der Waals surface area contributed by atoms with Crippen molar-refractivity contribution in [2.75, 3.05) is 6.61 Å². The maximum atomic E-state index is 10.5. The molecule has 7 heteroatoms. The number of hydrogen-bond acceptors (Lipinski definition) is 5. The Labute approximate surface area is 104 Å². The van der Waals surface area contributed by atoms with Gasteiger partial charge in [-0.15, -0.1) is 0 Å². The van der Waals surface area contributed by atoms with Crippen molar-refractivity contribution in [1.29, 1.82) is 0 Å². The molecule has 1 amide bonds. The van der Waals surface area contributed by atoms with E-state index in [0.29, 0.717) is 6.42 Å². The van der Waals surface area contributed by atoms with Crippen LogP contribution in [0.15, 0.2) is 0 Å². The number of carbonyl (C=O) groups excluding carboxylic acids is 2. The molecule has 1 unspecified atom stereocenters. The number of carboxylic acids is 1. The molecule has 0 radical (unpaired) electrons. The van der Waals surface area contributed by atoms with E-state index in [-0.39, 0.29) is 42.6 Å². The maximum absolute atomic E-state index is 10.5. The van der Waals surface area contributed by atoms with Gasteiger partial charge in [0.25, 0.3) is 0 Å². The molecule has 0 saturated carbocycles. The molecule has 6 nitrogen and oxygen atoms in total. The van der Waals surface area contributed by atoms with E-state index >= 15 is 0 Å². The SMILES string of the molecule is CC(=O)NC(CCCOO)C(=O)[O-].[Na+]. The quantitative estimate of drug-likeness (QED) is 0.200. The molecule has 0 saturated heterocycles. The predicted molar refractivity (Wildman–Crippen MR) is 40.4 cm³/mol. The molecule has 0 fully saturated rings. The topological polar surface area (TPSA) is 98.7 Å². The van der Waals surface area contributed by atoms with Gasteiger partial charge in [-0.2, -0.15) is 0 Å². The summed E-state index contributed by atoms with van der Waals surface area (Å²) in [5, 5.41) is 20.5. The number of rotatable bonds is 6. The van der Waals surface area contributed by atoms with Crippen molar-refractivity contribution in [1.82, 2.24) is 5.32 Å². The molecule has 0 heterocycles. The van der Waals surface area contributed by atoms with E-state index in [2.05, 4.69) is 10.2 Å². The molecular weight excluding hydrogens is 201 g/mol. The molecule has 0 spiro atoms. The van der Waals surface area contributed by atoms with Gasteiger partial charge in [-0.3, -0.25) is 10.1 Å². The minimum Gasteiger partial charge on any atom is -0.548 e. The predicted octanol–water partition coefficient (Wildman–Crippen LogP) is -4.49. The van der Waals surface area contributed by atoms with Crippen molar-refractivity contribution >= 4 is 11.9 Å². The number of carbonyl (C=O) groups is 2. The minimum atomic E-state index is -1.34. The summed E-state index contributed by atoms with van der Waals surface area (Å²) in [6, 6.07) is -1.02. The van der Waals surface area contributed by atoms with Gasteiger partial charge in [0, 0.05) is 6.92 Å². The molecule has 76 valence electrons. The van der Waals surface area contributed by atoms with E-state index < -0.39 is 17.9 Å². The van der Waals surface area contributed by atoms with Crippen molar-refractivity contribution in [3.63, 3.8) is 0 Å². The second-order valence-electron chi connectivity index (χ2n) is 2.55. The summed E-state index contributed by atoms with van der Waals surface area (Å²) in [6.07, 6.45) is 0.498. The Morgan fingerprint density at radius 2 is 2.14 bits per heavy atom. The average molecular weight is 213 g/mol. The van der Waals surface area contributed by atoms with Crippen LogP contribution in [0.4, 0.5) is 0 Å². The maximum Gasteiger partial charge on any atom is 1.00 e. The van der Waals surface area contributed by atoms with E-state index in [0.717, 1.165) is 0 Å². The first kappa shape index (κ1) is 16.3. The molecule has 0 aliphatic rings. The zero-order chi connectivity index (χ0) is 10.3. The van der Waals surface area contributed by atoms with Crippen molar-refractivity contribution in [3.8, 4) is 0 Å². The van der Waals surface area contributed by atoms with Crippen LogP contribution in [0.25, 0.3) is 0 Å². The van der Waals surface area contributed by atoms with Crippen LogP contribution in [0, 0.1) is 0 Å². The average Bonchev–Trinajstić information content (AvgIpc) is 2.02. The van der Waals surface area contributed by atoms with E-state index in [9.17, 15) is 14.7 Å². The van der Waals surface area contributed by atoms with E-state index in [4.69, 9.17) is 5.26 Å². The van der Waals surface area contributed by atoms with Crippen LogP contribution >= 0.6 is 0 Å². The van der Waals surface area contributed by atoms with Crippen LogP contribution in [0.1, 0.15) is 19.8 Å². The molecule has 0 bridgehead atoms. The Morgan fingerprint density at radius 1 is 1.57 bits per heavy atom. The fourth-order valence-electron chi connectivity index (χ4n) is 0.846. The summed E-state index contributed by atoms with van der Waals surface area (Å²) in [5.41, 5.74) is 0. The monoisotopic (exact) mass is 213 g/mol. The zero-order valence-electron chi connectivity index (χ0n) is 8.28. The summed E-state index contributed by atoms with van der Waals surface area (Å²) >= 11 is 0. The molecule has 0 aromatic rings. The number of hydrogen-bond donors (Lipinski definition) is 2. The Balaban J connectivity index is 0. The fraction of sp³-hybridized carbons (Fsp3) is 0.714. The largest absolute Gasteiger partial charge is 1.00 e. The third kappa shape index (κ3) is 8.46. The van der Waals surface area contributed by atoms with Crippen molar-refractivity contribution < 1.29 is 54.4 Å². The standard InChI is InChI=1S/C7H13NO5.Na/c1-5(9)8-6(7(10)11)3-2-4-13-12;/h6,12H,2-4H2,1H3,(H,8,9)(H,10,11);/q;+1/p-1. The third-order valence-electron chi connectivity index (χ3n) is 1.39. The van der Waals surface area contributed by atoms with Gasteiger partial charge < -0.3 is 15.2 Å². The van der Waals surface area contributed by atoms with Crippen molar-refractivity contribution in [3.05, 3.63) is 0 Å². The first-order valence-corrected chi connectivity index (χ1v) is 3.82. The molecule has 1 atom stereocenters. The summed E-state index contributed by atoms with van der Waals surface area (Å²) in [4.78, 5) is 24.7. The summed E-state index contributed by atoms with van der Waals surface area (Å²) < 4.78 is 0. The molecule has 0 aliphatic heterocycles. The molecule has 14 heavy (non-hydrogen) atoms. The van der Waals surface area contributed by atoms with Crippen LogP contribution in [0.2, 0.25) is 0 Å².